The first-order valence-corrected chi connectivity index (χ1v) is 15.5. The zero-order valence-electron chi connectivity index (χ0n) is 25.4. The molecule has 2 aromatic carbocycles. The summed E-state index contributed by atoms with van der Waals surface area (Å²) in [6.07, 6.45) is 7.93. The third kappa shape index (κ3) is 7.90. The summed E-state index contributed by atoms with van der Waals surface area (Å²) >= 11 is 6.43. The number of nitrogens with zero attached hydrogens (tertiary/aromatic N) is 4. The number of hydrogen-bond acceptors (Lipinski definition) is 5. The van der Waals surface area contributed by atoms with Crippen LogP contribution in [0.15, 0.2) is 54.2 Å². The normalized spacial score (nSPS) is 16.0. The predicted octanol–water partition coefficient (Wildman–Crippen LogP) is 1.97. The first-order valence-electron chi connectivity index (χ1n) is 13.9. The quantitative estimate of drug-likeness (QED) is 0.288. The van der Waals surface area contributed by atoms with E-state index < -0.39 is 10.2 Å². The highest BCUT2D eigenvalue weighted by Crippen LogP contribution is 2.47. The molecule has 0 fully saturated rings. The Bertz CT molecular complexity index is 1430. The van der Waals surface area contributed by atoms with Gasteiger partial charge in [-0.3, -0.25) is 0 Å². The average molecular weight is 607 g/mol. The summed E-state index contributed by atoms with van der Waals surface area (Å²) < 4.78 is 39.9. The zero-order chi connectivity index (χ0) is 30.8. The molecule has 2 heterocycles. The number of fused-ring (bicyclic) bond motifs is 2. The number of aryl methyl sites for hydroxylation is 3. The summed E-state index contributed by atoms with van der Waals surface area (Å²) in [5, 5.41) is 0.783. The van der Waals surface area contributed by atoms with Crippen molar-refractivity contribution in [2.75, 3.05) is 39.1 Å². The van der Waals surface area contributed by atoms with E-state index in [1.54, 1.807) is 0 Å². The molecule has 0 bridgehead atoms. The molecule has 0 radical (unpaired) electrons. The van der Waals surface area contributed by atoms with Gasteiger partial charge < -0.3 is 9.38 Å². The number of allylic oxidation sites excluding steroid dienone is 3. The fourth-order valence-electron chi connectivity index (χ4n) is 5.57. The molecule has 1 aliphatic heterocycles. The van der Waals surface area contributed by atoms with Crippen LogP contribution in [-0.2, 0) is 18.5 Å². The highest BCUT2D eigenvalue weighted by atomic mass is 35.7. The van der Waals surface area contributed by atoms with Crippen LogP contribution in [0.5, 0.6) is 0 Å². The van der Waals surface area contributed by atoms with E-state index in [4.69, 9.17) is 30.2 Å². The van der Waals surface area contributed by atoms with Crippen LogP contribution in [0.3, 0.4) is 0 Å². The molecule has 0 amide bonds. The molecule has 0 saturated carbocycles. The van der Waals surface area contributed by atoms with Gasteiger partial charge in [0, 0.05) is 47.4 Å². The molecule has 224 valence electrons. The van der Waals surface area contributed by atoms with Crippen molar-refractivity contribution >= 4 is 34.4 Å². The Morgan fingerprint density at radius 1 is 1.05 bits per heavy atom. The van der Waals surface area contributed by atoms with Gasteiger partial charge in [0.2, 0.25) is 0 Å². The summed E-state index contributed by atoms with van der Waals surface area (Å²) in [4.78, 5) is 2.34. The molecule has 0 saturated heterocycles. The Hall–Kier alpha value is -2.43. The van der Waals surface area contributed by atoms with Gasteiger partial charge in [0.15, 0.2) is 11.0 Å². The zero-order valence-corrected chi connectivity index (χ0v) is 26.9. The van der Waals surface area contributed by atoms with Crippen molar-refractivity contribution in [2.45, 2.75) is 59.5 Å². The third-order valence-corrected chi connectivity index (χ3v) is 8.31. The van der Waals surface area contributed by atoms with Gasteiger partial charge in [-0.25, -0.2) is 27.8 Å². The lowest BCUT2D eigenvalue weighted by Gasteiger charge is -2.27. The molecule has 0 N–H and O–H groups in total. The van der Waals surface area contributed by atoms with Gasteiger partial charge in [0.25, 0.3) is 5.82 Å². The Morgan fingerprint density at radius 3 is 2.32 bits per heavy atom. The molecule has 4 rings (SSSR count). The summed E-state index contributed by atoms with van der Waals surface area (Å²) in [5.41, 5.74) is 7.73. The van der Waals surface area contributed by atoms with E-state index in [0.29, 0.717) is 0 Å². The first kappa shape index (κ1) is 33.1. The molecule has 8 nitrogen and oxygen atoms in total. The van der Waals surface area contributed by atoms with Crippen LogP contribution in [0.2, 0.25) is 5.02 Å². The van der Waals surface area contributed by atoms with Gasteiger partial charge in [0.1, 0.15) is 0 Å². The Labute approximate surface area is 251 Å². The maximum Gasteiger partial charge on any atom is 0.282 e. The number of aromatic nitrogens is 2. The van der Waals surface area contributed by atoms with Crippen LogP contribution in [0.25, 0.3) is 17.1 Å². The highest BCUT2D eigenvalue weighted by Gasteiger charge is 2.38. The Morgan fingerprint density at radius 2 is 1.71 bits per heavy atom. The maximum atomic E-state index is 8.49. The van der Waals surface area contributed by atoms with E-state index in [2.05, 4.69) is 118 Å². The maximum absolute atomic E-state index is 8.49. The summed E-state index contributed by atoms with van der Waals surface area (Å²) in [7, 11) is 1.86. The summed E-state index contributed by atoms with van der Waals surface area (Å²) in [6.45, 7) is 15.5. The number of benzene rings is 2. The van der Waals surface area contributed by atoms with Gasteiger partial charge in [0.05, 0.1) is 40.3 Å². The minimum absolute atomic E-state index is 0.0366. The van der Waals surface area contributed by atoms with Gasteiger partial charge in [-0.05, 0) is 50.6 Å². The van der Waals surface area contributed by atoms with Crippen molar-refractivity contribution in [1.82, 2.24) is 4.57 Å². The molecule has 0 unspecified atom stereocenters. The van der Waals surface area contributed by atoms with Crippen molar-refractivity contribution in [3.8, 4) is 0 Å². The van der Waals surface area contributed by atoms with E-state index in [9.17, 15) is 0 Å². The fourth-order valence-corrected chi connectivity index (χ4v) is 5.74. The van der Waals surface area contributed by atoms with E-state index in [1.807, 2.05) is 6.07 Å². The lowest BCUT2D eigenvalue weighted by Crippen LogP contribution is -2.68. The second-order valence-electron chi connectivity index (χ2n) is 11.7. The molecule has 1 aliphatic rings. The number of anilines is 1. The number of halogens is 2. The largest absolute Gasteiger partial charge is 0.347 e. The van der Waals surface area contributed by atoms with Crippen molar-refractivity contribution < 1.29 is 37.9 Å². The second kappa shape index (κ2) is 12.8. The topological polar surface area (TPSA) is 104 Å². The van der Waals surface area contributed by atoms with Crippen molar-refractivity contribution in [1.29, 1.82) is 0 Å². The number of hydrogen-bond donors (Lipinski definition) is 0. The van der Waals surface area contributed by atoms with Crippen molar-refractivity contribution in [3.63, 3.8) is 0 Å². The molecule has 10 heteroatoms. The van der Waals surface area contributed by atoms with Gasteiger partial charge in [-0.15, -0.1) is 10.2 Å². The molecule has 0 aliphatic carbocycles. The predicted molar refractivity (Wildman–Crippen MR) is 155 cm³/mol. The standard InChI is InChI=1S/C31H43ClN4.ClHO4/c1-9-34-28-22-24(32)16-18-27(28)35(19-12-20-36(7,8)10-2)30(34)14-11-13-29-31(4,5)25-21-23(3)15-17-26(25)33(29)6;2-1(3,4)5/h11,13-18,21-22H,9-10,12,19-20H2,1-8H3;(H,2,3,4,5)/q+2;/p-1. The van der Waals surface area contributed by atoms with Crippen LogP contribution >= 0.6 is 11.6 Å². The Balaban J connectivity index is 0.000000850. The van der Waals surface area contributed by atoms with Crippen molar-refractivity contribution in [2.24, 2.45) is 0 Å². The van der Waals surface area contributed by atoms with Crippen LogP contribution in [0, 0.1) is 17.2 Å². The van der Waals surface area contributed by atoms with E-state index in [-0.39, 0.29) is 5.41 Å². The second-order valence-corrected chi connectivity index (χ2v) is 12.9. The lowest BCUT2D eigenvalue weighted by atomic mass is 9.83. The third-order valence-electron chi connectivity index (χ3n) is 8.08. The molecule has 0 atom stereocenters. The molecular formula is C31H43Cl2N4O4+. The van der Waals surface area contributed by atoms with E-state index >= 15 is 0 Å². The number of rotatable bonds is 8. The van der Waals surface area contributed by atoms with Gasteiger partial charge in [-0.2, -0.15) is 0 Å². The van der Waals surface area contributed by atoms with E-state index in [0.717, 1.165) is 42.1 Å². The van der Waals surface area contributed by atoms with Gasteiger partial charge in [-0.1, -0.05) is 49.2 Å². The fraction of sp³-hybridized carbons (Fsp3) is 0.452. The lowest BCUT2D eigenvalue weighted by molar-refractivity contribution is -2.00. The minimum atomic E-state index is -4.94. The first-order chi connectivity index (χ1) is 19.0. The molecule has 1 aromatic heterocycles. The van der Waals surface area contributed by atoms with Crippen LogP contribution in [0.4, 0.5) is 5.69 Å². The van der Waals surface area contributed by atoms with Crippen LogP contribution in [0.1, 0.15) is 51.1 Å². The van der Waals surface area contributed by atoms with Crippen molar-refractivity contribution in [3.05, 3.63) is 76.2 Å². The van der Waals surface area contributed by atoms with Crippen LogP contribution < -0.4 is 28.1 Å². The summed E-state index contributed by atoms with van der Waals surface area (Å²) in [6, 6.07) is 13.1. The summed E-state index contributed by atoms with van der Waals surface area (Å²) in [5.74, 6) is 1.22. The van der Waals surface area contributed by atoms with Gasteiger partial charge >= 0.3 is 0 Å². The molecule has 3 aromatic rings. The SMILES string of the molecule is CCn1c(C=CC=C2N(C)c3ccc(C)cc3C2(C)C)[n+](CCC[N+](C)(C)CC)c2ccc(Cl)cc21.[O-][Cl+3]([O-])([O-])[O-]. The highest BCUT2D eigenvalue weighted by molar-refractivity contribution is 6.31. The van der Waals surface area contributed by atoms with Crippen LogP contribution in [-0.4, -0.2) is 43.3 Å². The molecule has 0 spiro atoms. The van der Waals surface area contributed by atoms with E-state index in [1.165, 1.54) is 39.4 Å². The number of likely N-dealkylation sites (N-methyl/N-ethyl adjacent to an activating group) is 1. The molecule has 41 heavy (non-hydrogen) atoms. The minimum Gasteiger partial charge on any atom is -0.347 e. The number of quaternary nitrogens is 1. The molecular weight excluding hydrogens is 563 g/mol. The Kier molecular flexibility index (Phi) is 10.4. The average Bonchev–Trinajstić information content (AvgIpc) is 3.25. The monoisotopic (exact) mass is 605 g/mol. The number of imidazole rings is 1. The smallest absolute Gasteiger partial charge is 0.282 e.